The van der Waals surface area contributed by atoms with Crippen LogP contribution < -0.4 is 0 Å². The minimum atomic E-state index is -0.625. The molecule has 3 aliphatic rings. The van der Waals surface area contributed by atoms with E-state index in [9.17, 15) is 19.7 Å². The van der Waals surface area contributed by atoms with Crippen molar-refractivity contribution >= 4 is 34.3 Å². The van der Waals surface area contributed by atoms with E-state index in [2.05, 4.69) is 4.99 Å². The number of hydrogen-bond donors (Lipinski definition) is 0. The van der Waals surface area contributed by atoms with Gasteiger partial charge in [0.1, 0.15) is 0 Å². The highest BCUT2D eigenvalue weighted by atomic mass is 32.2. The molecule has 2 heterocycles. The van der Waals surface area contributed by atoms with Crippen LogP contribution in [0.15, 0.2) is 40.5 Å². The second-order valence-corrected chi connectivity index (χ2v) is 7.56. The van der Waals surface area contributed by atoms with Crippen LogP contribution in [-0.2, 0) is 9.59 Å². The second kappa shape index (κ2) is 5.80. The van der Waals surface area contributed by atoms with E-state index in [4.69, 9.17) is 0 Å². The number of amides is 1. The van der Waals surface area contributed by atoms with Crippen LogP contribution in [-0.4, -0.2) is 31.9 Å². The molecule has 2 unspecified atom stereocenters. The van der Waals surface area contributed by atoms with Crippen LogP contribution in [0.1, 0.15) is 37.8 Å². The van der Waals surface area contributed by atoms with Crippen LogP contribution in [0.3, 0.4) is 0 Å². The highest BCUT2D eigenvalue weighted by Crippen LogP contribution is 2.46. The molecule has 2 aliphatic heterocycles. The highest BCUT2D eigenvalue weighted by Gasteiger charge is 2.47. The first-order chi connectivity index (χ1) is 12.0. The number of carbonyl (C=O) groups excluding carboxylic acids is 2. The number of aliphatic imine (C=N–C) groups is 1. The standard InChI is InChI=1S/C17H15N3O4S/c1-9-16(22)19-15(10-4-2-5-11(8-10)20(23)24)14-12(18-17(19)25-9)6-3-7-13(14)21/h2,4-5,8-9,15H,3,6-7H2,1H3. The average molecular weight is 357 g/mol. The monoisotopic (exact) mass is 357 g/mol. The Hall–Kier alpha value is -2.48. The van der Waals surface area contributed by atoms with Crippen molar-refractivity contribution in [3.8, 4) is 0 Å². The van der Waals surface area contributed by atoms with Crippen molar-refractivity contribution in [3.05, 3.63) is 51.2 Å². The van der Waals surface area contributed by atoms with Gasteiger partial charge in [-0.1, -0.05) is 23.9 Å². The van der Waals surface area contributed by atoms with E-state index in [1.165, 1.54) is 28.8 Å². The molecule has 1 fully saturated rings. The molecule has 0 bridgehead atoms. The third kappa shape index (κ3) is 2.48. The third-order valence-corrected chi connectivity index (χ3v) is 5.72. The van der Waals surface area contributed by atoms with Crippen molar-refractivity contribution in [2.45, 2.75) is 37.5 Å². The predicted molar refractivity (Wildman–Crippen MR) is 93.1 cm³/mol. The maximum absolute atomic E-state index is 12.7. The Morgan fingerprint density at radius 2 is 2.12 bits per heavy atom. The van der Waals surface area contributed by atoms with Crippen molar-refractivity contribution in [2.24, 2.45) is 4.99 Å². The van der Waals surface area contributed by atoms with Gasteiger partial charge in [0.15, 0.2) is 11.0 Å². The van der Waals surface area contributed by atoms with Gasteiger partial charge in [-0.25, -0.2) is 4.99 Å². The van der Waals surface area contributed by atoms with Gasteiger partial charge in [0, 0.05) is 24.1 Å². The van der Waals surface area contributed by atoms with Gasteiger partial charge in [0.05, 0.1) is 21.9 Å². The zero-order chi connectivity index (χ0) is 17.7. The maximum atomic E-state index is 12.7. The van der Waals surface area contributed by atoms with Crippen molar-refractivity contribution < 1.29 is 14.5 Å². The summed E-state index contributed by atoms with van der Waals surface area (Å²) < 4.78 is 0. The summed E-state index contributed by atoms with van der Waals surface area (Å²) in [5.74, 6) is -0.150. The van der Waals surface area contributed by atoms with Gasteiger partial charge in [-0.2, -0.15) is 0 Å². The van der Waals surface area contributed by atoms with Crippen LogP contribution in [0, 0.1) is 10.1 Å². The van der Waals surface area contributed by atoms with Gasteiger partial charge >= 0.3 is 0 Å². The molecule has 1 aromatic carbocycles. The Labute approximate surface area is 147 Å². The van der Waals surface area contributed by atoms with E-state index in [1.54, 1.807) is 19.1 Å². The molecular weight excluding hydrogens is 342 g/mol. The second-order valence-electron chi connectivity index (χ2n) is 6.25. The molecule has 1 aromatic rings. The molecule has 25 heavy (non-hydrogen) atoms. The molecule has 2 atom stereocenters. The lowest BCUT2D eigenvalue weighted by atomic mass is 9.85. The van der Waals surface area contributed by atoms with Crippen molar-refractivity contribution in [1.29, 1.82) is 0 Å². The number of rotatable bonds is 2. The Morgan fingerprint density at radius 1 is 1.32 bits per heavy atom. The number of hydrogen-bond acceptors (Lipinski definition) is 6. The fourth-order valence-corrected chi connectivity index (χ4v) is 4.52. The molecule has 8 heteroatoms. The molecule has 0 saturated carbocycles. The number of nitrogens with zero attached hydrogens (tertiary/aromatic N) is 3. The molecule has 0 aromatic heterocycles. The number of thioether (sulfide) groups is 1. The fraction of sp³-hybridized carbons (Fsp3) is 0.353. The first-order valence-electron chi connectivity index (χ1n) is 8.06. The van der Waals surface area contributed by atoms with Gasteiger partial charge in [0.25, 0.3) is 5.69 Å². The van der Waals surface area contributed by atoms with Gasteiger partial charge < -0.3 is 0 Å². The van der Waals surface area contributed by atoms with Gasteiger partial charge in [-0.3, -0.25) is 24.6 Å². The van der Waals surface area contributed by atoms with Gasteiger partial charge in [-0.15, -0.1) is 0 Å². The number of Topliss-reactive ketones (excluding diaryl/α,β-unsaturated/α-hetero) is 1. The topological polar surface area (TPSA) is 92.9 Å². The van der Waals surface area contributed by atoms with Crippen LogP contribution in [0.5, 0.6) is 0 Å². The fourth-order valence-electron chi connectivity index (χ4n) is 3.52. The zero-order valence-corrected chi connectivity index (χ0v) is 14.3. The molecule has 0 N–H and O–H groups in total. The van der Waals surface area contributed by atoms with Gasteiger partial charge in [0.2, 0.25) is 5.91 Å². The van der Waals surface area contributed by atoms with E-state index < -0.39 is 11.0 Å². The third-order valence-electron chi connectivity index (χ3n) is 4.66. The van der Waals surface area contributed by atoms with E-state index >= 15 is 0 Å². The van der Waals surface area contributed by atoms with Crippen LogP contribution >= 0.6 is 11.8 Å². The zero-order valence-electron chi connectivity index (χ0n) is 13.5. The number of ketones is 1. The Balaban J connectivity index is 1.90. The largest absolute Gasteiger partial charge is 0.294 e. The van der Waals surface area contributed by atoms with Crippen molar-refractivity contribution in [3.63, 3.8) is 0 Å². The number of allylic oxidation sites excluding steroid dienone is 1. The lowest BCUT2D eigenvalue weighted by Gasteiger charge is -2.35. The lowest BCUT2D eigenvalue weighted by Crippen LogP contribution is -2.41. The predicted octanol–water partition coefficient (Wildman–Crippen LogP) is 2.98. The average Bonchev–Trinajstić information content (AvgIpc) is 2.87. The first-order valence-corrected chi connectivity index (χ1v) is 8.94. The quantitative estimate of drug-likeness (QED) is 0.599. The summed E-state index contributed by atoms with van der Waals surface area (Å²) in [7, 11) is 0. The molecule has 0 spiro atoms. The number of carbonyl (C=O) groups is 2. The first kappa shape index (κ1) is 16.0. The molecule has 1 aliphatic carbocycles. The Morgan fingerprint density at radius 3 is 2.88 bits per heavy atom. The number of non-ortho nitro benzene ring substituents is 1. The highest BCUT2D eigenvalue weighted by molar-refractivity contribution is 8.15. The van der Waals surface area contributed by atoms with Crippen molar-refractivity contribution in [2.75, 3.05) is 0 Å². The molecular formula is C17H15N3O4S. The number of nitro groups is 1. The van der Waals surface area contributed by atoms with E-state index in [0.29, 0.717) is 34.8 Å². The van der Waals surface area contributed by atoms with Crippen LogP contribution in [0.4, 0.5) is 5.69 Å². The van der Waals surface area contributed by atoms with Crippen molar-refractivity contribution in [1.82, 2.24) is 4.90 Å². The summed E-state index contributed by atoms with van der Waals surface area (Å²) in [5.41, 5.74) is 1.75. The summed E-state index contributed by atoms with van der Waals surface area (Å²) in [6, 6.07) is 5.54. The maximum Gasteiger partial charge on any atom is 0.269 e. The Kier molecular flexibility index (Phi) is 3.72. The number of amidine groups is 1. The lowest BCUT2D eigenvalue weighted by molar-refractivity contribution is -0.384. The molecule has 1 saturated heterocycles. The summed E-state index contributed by atoms with van der Waals surface area (Å²) >= 11 is 1.37. The molecule has 4 rings (SSSR count). The van der Waals surface area contributed by atoms with E-state index in [-0.39, 0.29) is 22.6 Å². The summed E-state index contributed by atoms with van der Waals surface area (Å²) in [4.78, 5) is 42.1. The van der Waals surface area contributed by atoms with Gasteiger partial charge in [-0.05, 0) is 25.3 Å². The minimum absolute atomic E-state index is 0.0297. The molecule has 128 valence electrons. The SMILES string of the molecule is CC1SC2=NC3=C(C(=O)CCC3)C(c3cccc([N+](=O)[O-])c3)N2C1=O. The summed E-state index contributed by atoms with van der Waals surface area (Å²) in [5, 5.41) is 11.4. The van der Waals surface area contributed by atoms with Crippen LogP contribution in [0.25, 0.3) is 0 Å². The minimum Gasteiger partial charge on any atom is -0.294 e. The normalized spacial score (nSPS) is 25.6. The van der Waals surface area contributed by atoms with Crippen LogP contribution in [0.2, 0.25) is 0 Å². The van der Waals surface area contributed by atoms with E-state index in [0.717, 1.165) is 6.42 Å². The molecule has 0 radical (unpaired) electrons. The molecule has 7 nitrogen and oxygen atoms in total. The number of fused-ring (bicyclic) bond motifs is 1. The molecule has 1 amide bonds. The Bertz CT molecular complexity index is 876. The summed E-state index contributed by atoms with van der Waals surface area (Å²) in [6.45, 7) is 1.80. The smallest absolute Gasteiger partial charge is 0.269 e. The number of benzene rings is 1. The van der Waals surface area contributed by atoms with E-state index in [1.807, 2.05) is 0 Å². The summed E-state index contributed by atoms with van der Waals surface area (Å²) in [6.07, 6.45) is 1.84. The number of nitro benzene ring substituents is 1.